The van der Waals surface area contributed by atoms with Crippen molar-refractivity contribution in [3.05, 3.63) is 30.1 Å². The normalized spacial score (nSPS) is 17.9. The molecule has 0 bridgehead atoms. The molecule has 1 aromatic carbocycles. The number of likely N-dealkylation sites (tertiary alicyclic amines) is 1. The molecule has 1 fully saturated rings. The Hall–Kier alpha value is -1.34. The number of hydrogen-bond donors (Lipinski definition) is 1. The second-order valence-electron chi connectivity index (χ2n) is 5.95. The van der Waals surface area contributed by atoms with E-state index in [-0.39, 0.29) is 43.4 Å². The van der Waals surface area contributed by atoms with E-state index in [9.17, 15) is 4.79 Å². The van der Waals surface area contributed by atoms with Gasteiger partial charge in [0.1, 0.15) is 11.9 Å². The van der Waals surface area contributed by atoms with Gasteiger partial charge in [-0.3, -0.25) is 4.79 Å². The molecule has 6 nitrogen and oxygen atoms in total. The standard InChI is InChI=1S/C17H24N4O2.2ClH/c1-3-20-14-8-5-4-7-13(14)19-16(20)15-9-6-10-21(15)17(22)12(18)11-23-2;;/h4-5,7-8,12,15H,3,6,9-11,18H2,1-2H3;2*1H. The van der Waals surface area contributed by atoms with Gasteiger partial charge in [0, 0.05) is 20.2 Å². The van der Waals surface area contributed by atoms with Crippen molar-refractivity contribution in [3.8, 4) is 0 Å². The minimum Gasteiger partial charge on any atom is -0.383 e. The number of nitrogens with two attached hydrogens (primary N) is 1. The van der Waals surface area contributed by atoms with Crippen molar-refractivity contribution in [2.75, 3.05) is 20.3 Å². The summed E-state index contributed by atoms with van der Waals surface area (Å²) in [5, 5.41) is 0. The van der Waals surface area contributed by atoms with Gasteiger partial charge in [0.05, 0.1) is 23.7 Å². The summed E-state index contributed by atoms with van der Waals surface area (Å²) in [6.45, 7) is 3.91. The van der Waals surface area contributed by atoms with E-state index in [0.29, 0.717) is 0 Å². The van der Waals surface area contributed by atoms with Crippen molar-refractivity contribution in [2.45, 2.75) is 38.4 Å². The Balaban J connectivity index is 0.00000156. The highest BCUT2D eigenvalue weighted by Gasteiger charge is 2.35. The highest BCUT2D eigenvalue weighted by molar-refractivity contribution is 5.85. The number of carbonyl (C=O) groups is 1. The molecule has 1 aliphatic heterocycles. The highest BCUT2D eigenvalue weighted by Crippen LogP contribution is 2.33. The third-order valence-corrected chi connectivity index (χ3v) is 4.50. The van der Waals surface area contributed by atoms with Gasteiger partial charge < -0.3 is 19.9 Å². The van der Waals surface area contributed by atoms with E-state index in [0.717, 1.165) is 42.8 Å². The van der Waals surface area contributed by atoms with Crippen LogP contribution in [-0.4, -0.2) is 46.7 Å². The van der Waals surface area contributed by atoms with Crippen LogP contribution in [0, 0.1) is 0 Å². The molecule has 1 saturated heterocycles. The van der Waals surface area contributed by atoms with Crippen molar-refractivity contribution in [1.82, 2.24) is 14.5 Å². The van der Waals surface area contributed by atoms with Crippen LogP contribution in [0.2, 0.25) is 0 Å². The number of carbonyl (C=O) groups excluding carboxylic acids is 1. The molecule has 25 heavy (non-hydrogen) atoms. The summed E-state index contributed by atoms with van der Waals surface area (Å²) in [7, 11) is 1.56. The number of nitrogens with zero attached hydrogens (tertiary/aromatic N) is 3. The first-order valence-electron chi connectivity index (χ1n) is 8.17. The average molecular weight is 389 g/mol. The average Bonchev–Trinajstić information content (AvgIpc) is 3.17. The SMILES string of the molecule is CCn1c(C2CCCN2C(=O)C(N)COC)nc2ccccc21.Cl.Cl. The molecule has 0 aliphatic carbocycles. The fourth-order valence-corrected chi connectivity index (χ4v) is 3.44. The lowest BCUT2D eigenvalue weighted by molar-refractivity contribution is -0.134. The lowest BCUT2D eigenvalue weighted by atomic mass is 10.2. The molecular formula is C17H26Cl2N4O2. The Bertz CT molecular complexity index is 707. The number of benzene rings is 1. The Labute approximate surface area is 160 Å². The van der Waals surface area contributed by atoms with E-state index in [1.807, 2.05) is 23.1 Å². The van der Waals surface area contributed by atoms with Crippen molar-refractivity contribution < 1.29 is 9.53 Å². The van der Waals surface area contributed by atoms with Crippen LogP contribution >= 0.6 is 24.8 Å². The number of aromatic nitrogens is 2. The molecule has 8 heteroatoms. The van der Waals surface area contributed by atoms with E-state index < -0.39 is 6.04 Å². The molecule has 1 aliphatic rings. The zero-order valence-electron chi connectivity index (χ0n) is 14.6. The van der Waals surface area contributed by atoms with Crippen molar-refractivity contribution >= 4 is 41.8 Å². The van der Waals surface area contributed by atoms with Crippen LogP contribution in [0.25, 0.3) is 11.0 Å². The zero-order valence-corrected chi connectivity index (χ0v) is 16.2. The summed E-state index contributed by atoms with van der Waals surface area (Å²) in [5.41, 5.74) is 8.04. The minimum atomic E-state index is -0.611. The monoisotopic (exact) mass is 388 g/mol. The first kappa shape index (κ1) is 21.7. The van der Waals surface area contributed by atoms with Crippen molar-refractivity contribution in [1.29, 1.82) is 0 Å². The third-order valence-electron chi connectivity index (χ3n) is 4.50. The van der Waals surface area contributed by atoms with Crippen molar-refractivity contribution in [3.63, 3.8) is 0 Å². The van der Waals surface area contributed by atoms with Gasteiger partial charge in [-0.1, -0.05) is 12.1 Å². The second-order valence-corrected chi connectivity index (χ2v) is 5.95. The smallest absolute Gasteiger partial charge is 0.242 e. The van der Waals surface area contributed by atoms with Gasteiger partial charge in [-0.2, -0.15) is 0 Å². The third kappa shape index (κ3) is 4.08. The second kappa shape index (κ2) is 9.38. The quantitative estimate of drug-likeness (QED) is 0.853. The maximum atomic E-state index is 12.6. The fraction of sp³-hybridized carbons (Fsp3) is 0.529. The number of rotatable bonds is 5. The Morgan fingerprint density at radius 1 is 1.40 bits per heavy atom. The molecule has 3 rings (SSSR count). The van der Waals surface area contributed by atoms with Crippen LogP contribution in [0.15, 0.2) is 24.3 Å². The van der Waals surface area contributed by atoms with Crippen LogP contribution in [0.1, 0.15) is 31.6 Å². The number of hydrogen-bond acceptors (Lipinski definition) is 4. The number of methoxy groups -OCH3 is 1. The number of para-hydroxylation sites is 2. The number of halogens is 2. The molecule has 140 valence electrons. The molecule has 2 N–H and O–H groups in total. The van der Waals surface area contributed by atoms with Crippen LogP contribution in [0.5, 0.6) is 0 Å². The first-order chi connectivity index (χ1) is 11.2. The highest BCUT2D eigenvalue weighted by atomic mass is 35.5. The lowest BCUT2D eigenvalue weighted by Crippen LogP contribution is -2.46. The molecule has 2 atom stereocenters. The zero-order chi connectivity index (χ0) is 16.4. The number of aryl methyl sites for hydroxylation is 1. The first-order valence-corrected chi connectivity index (χ1v) is 8.17. The molecule has 2 unspecified atom stereocenters. The van der Waals surface area contributed by atoms with Gasteiger partial charge in [-0.05, 0) is 31.9 Å². The van der Waals surface area contributed by atoms with E-state index in [1.165, 1.54) is 0 Å². The van der Waals surface area contributed by atoms with Gasteiger partial charge in [-0.25, -0.2) is 4.98 Å². The molecule has 1 aromatic heterocycles. The van der Waals surface area contributed by atoms with Crippen LogP contribution < -0.4 is 5.73 Å². The summed E-state index contributed by atoms with van der Waals surface area (Å²) in [4.78, 5) is 19.3. The van der Waals surface area contributed by atoms with Gasteiger partial charge in [-0.15, -0.1) is 24.8 Å². The maximum Gasteiger partial charge on any atom is 0.242 e. The van der Waals surface area contributed by atoms with E-state index in [2.05, 4.69) is 17.6 Å². The predicted molar refractivity (Wildman–Crippen MR) is 103 cm³/mol. The van der Waals surface area contributed by atoms with Gasteiger partial charge in [0.15, 0.2) is 0 Å². The summed E-state index contributed by atoms with van der Waals surface area (Å²) >= 11 is 0. The molecule has 0 spiro atoms. The van der Waals surface area contributed by atoms with E-state index in [4.69, 9.17) is 15.5 Å². The molecule has 0 saturated carbocycles. The summed E-state index contributed by atoms with van der Waals surface area (Å²) in [6.07, 6.45) is 1.90. The van der Waals surface area contributed by atoms with Gasteiger partial charge in [0.25, 0.3) is 0 Å². The Morgan fingerprint density at radius 3 is 2.80 bits per heavy atom. The topological polar surface area (TPSA) is 73.4 Å². The maximum absolute atomic E-state index is 12.6. The van der Waals surface area contributed by atoms with Crippen LogP contribution in [-0.2, 0) is 16.1 Å². The lowest BCUT2D eigenvalue weighted by Gasteiger charge is -2.27. The number of ether oxygens (including phenoxy) is 1. The molecule has 0 radical (unpaired) electrons. The Morgan fingerprint density at radius 2 is 2.12 bits per heavy atom. The number of amides is 1. The summed E-state index contributed by atoms with van der Waals surface area (Å²) in [5.74, 6) is 0.910. The van der Waals surface area contributed by atoms with Gasteiger partial charge >= 0.3 is 0 Å². The summed E-state index contributed by atoms with van der Waals surface area (Å²) < 4.78 is 7.23. The van der Waals surface area contributed by atoms with Gasteiger partial charge in [0.2, 0.25) is 5.91 Å². The summed E-state index contributed by atoms with van der Waals surface area (Å²) in [6, 6.07) is 7.49. The van der Waals surface area contributed by atoms with E-state index >= 15 is 0 Å². The molecule has 1 amide bonds. The molecular weight excluding hydrogens is 363 g/mol. The molecule has 2 aromatic rings. The predicted octanol–water partition coefficient (Wildman–Crippen LogP) is 2.54. The van der Waals surface area contributed by atoms with E-state index in [1.54, 1.807) is 7.11 Å². The number of imidazole rings is 1. The van der Waals surface area contributed by atoms with Crippen molar-refractivity contribution in [2.24, 2.45) is 5.73 Å². The van der Waals surface area contributed by atoms with Crippen LogP contribution in [0.3, 0.4) is 0 Å². The fourth-order valence-electron chi connectivity index (χ4n) is 3.44. The number of fused-ring (bicyclic) bond motifs is 1. The minimum absolute atomic E-state index is 0. The Kier molecular flexibility index (Phi) is 8.15. The largest absolute Gasteiger partial charge is 0.383 e. The van der Waals surface area contributed by atoms with Crippen LogP contribution in [0.4, 0.5) is 0 Å². The molecule has 2 heterocycles.